The highest BCUT2D eigenvalue weighted by molar-refractivity contribution is 4.86. The molecule has 0 heterocycles. The summed E-state index contributed by atoms with van der Waals surface area (Å²) >= 11 is 0. The fourth-order valence-corrected chi connectivity index (χ4v) is 3.61. The van der Waals surface area contributed by atoms with Gasteiger partial charge in [0.05, 0.1) is 0 Å². The Morgan fingerprint density at radius 2 is 1.53 bits per heavy atom. The third-order valence-electron chi connectivity index (χ3n) is 5.00. The third kappa shape index (κ3) is 7.34. The molecule has 1 fully saturated rings. The van der Waals surface area contributed by atoms with E-state index in [1.54, 1.807) is 0 Å². The number of hydrogen-bond acceptors (Lipinski definition) is 1. The molecule has 2 N–H and O–H groups in total. The maximum atomic E-state index is 6.30. The minimum atomic E-state index is 0.484. The van der Waals surface area contributed by atoms with Crippen LogP contribution in [0.5, 0.6) is 0 Å². The van der Waals surface area contributed by atoms with Crippen LogP contribution in [-0.4, -0.2) is 6.04 Å². The number of nitrogens with two attached hydrogens (primary N) is 1. The Morgan fingerprint density at radius 1 is 0.947 bits per heavy atom. The quantitative estimate of drug-likeness (QED) is 0.535. The van der Waals surface area contributed by atoms with E-state index in [0.29, 0.717) is 11.5 Å². The van der Waals surface area contributed by atoms with Gasteiger partial charge in [-0.25, -0.2) is 0 Å². The number of unbranched alkanes of at least 4 members (excludes halogenated alkanes) is 7. The zero-order valence-electron chi connectivity index (χ0n) is 13.7. The van der Waals surface area contributed by atoms with Crippen LogP contribution in [0.15, 0.2) is 0 Å². The van der Waals surface area contributed by atoms with Gasteiger partial charge in [0.15, 0.2) is 0 Å². The highest BCUT2D eigenvalue weighted by atomic mass is 14.7. The fraction of sp³-hybridized carbons (Fsp3) is 1.00. The molecule has 19 heavy (non-hydrogen) atoms. The molecule has 2 atom stereocenters. The average molecular weight is 268 g/mol. The summed E-state index contributed by atoms with van der Waals surface area (Å²) in [6.07, 6.45) is 16.7. The van der Waals surface area contributed by atoms with Crippen LogP contribution in [0.3, 0.4) is 0 Å². The van der Waals surface area contributed by atoms with Crippen molar-refractivity contribution in [1.82, 2.24) is 0 Å². The molecular weight excluding hydrogens is 230 g/mol. The van der Waals surface area contributed by atoms with Crippen LogP contribution in [0.25, 0.3) is 0 Å². The number of rotatable bonds is 9. The predicted octanol–water partition coefficient (Wildman–Crippen LogP) is 5.67. The van der Waals surface area contributed by atoms with E-state index in [9.17, 15) is 0 Å². The molecule has 0 bridgehead atoms. The summed E-state index contributed by atoms with van der Waals surface area (Å²) < 4.78 is 0. The SMILES string of the molecule is CCCCCCCCCCC1CC(C)(C)CCC1N. The van der Waals surface area contributed by atoms with Gasteiger partial charge in [-0.05, 0) is 37.0 Å². The molecule has 0 spiro atoms. The Labute approximate surface area is 121 Å². The third-order valence-corrected chi connectivity index (χ3v) is 5.00. The van der Waals surface area contributed by atoms with Gasteiger partial charge in [-0.1, -0.05) is 72.1 Å². The Hall–Kier alpha value is -0.0400. The molecule has 0 aliphatic heterocycles. The smallest absolute Gasteiger partial charge is 0.00675 e. The molecule has 1 rings (SSSR count). The Kier molecular flexibility index (Phi) is 8.06. The largest absolute Gasteiger partial charge is 0.327 e. The van der Waals surface area contributed by atoms with E-state index in [2.05, 4.69) is 20.8 Å². The molecule has 0 amide bonds. The maximum Gasteiger partial charge on any atom is 0.00675 e. The summed E-state index contributed by atoms with van der Waals surface area (Å²) in [5.74, 6) is 0.795. The summed E-state index contributed by atoms with van der Waals surface area (Å²) in [6, 6.07) is 0.484. The van der Waals surface area contributed by atoms with Gasteiger partial charge in [0.1, 0.15) is 0 Å². The van der Waals surface area contributed by atoms with E-state index < -0.39 is 0 Å². The van der Waals surface area contributed by atoms with Crippen LogP contribution in [-0.2, 0) is 0 Å². The lowest BCUT2D eigenvalue weighted by Gasteiger charge is -2.39. The lowest BCUT2D eigenvalue weighted by molar-refractivity contribution is 0.148. The van der Waals surface area contributed by atoms with Gasteiger partial charge in [-0.15, -0.1) is 0 Å². The second-order valence-corrected chi connectivity index (χ2v) is 7.59. The molecule has 1 aliphatic rings. The summed E-state index contributed by atoms with van der Waals surface area (Å²) in [7, 11) is 0. The summed E-state index contributed by atoms with van der Waals surface area (Å²) in [5.41, 5.74) is 6.84. The molecule has 2 unspecified atom stereocenters. The minimum absolute atomic E-state index is 0.484. The predicted molar refractivity (Wildman–Crippen MR) is 86.3 cm³/mol. The van der Waals surface area contributed by atoms with Crippen molar-refractivity contribution >= 4 is 0 Å². The Bertz CT molecular complexity index is 222. The van der Waals surface area contributed by atoms with Crippen molar-refractivity contribution < 1.29 is 0 Å². The number of hydrogen-bond donors (Lipinski definition) is 1. The van der Waals surface area contributed by atoms with Crippen LogP contribution >= 0.6 is 0 Å². The molecule has 0 aromatic rings. The van der Waals surface area contributed by atoms with E-state index >= 15 is 0 Å². The highest BCUT2D eigenvalue weighted by Crippen LogP contribution is 2.40. The van der Waals surface area contributed by atoms with Gasteiger partial charge in [-0.3, -0.25) is 0 Å². The van der Waals surface area contributed by atoms with Gasteiger partial charge in [0.25, 0.3) is 0 Å². The first-order valence-electron chi connectivity index (χ1n) is 8.81. The molecule has 0 radical (unpaired) electrons. The van der Waals surface area contributed by atoms with Crippen molar-refractivity contribution in [3.05, 3.63) is 0 Å². The lowest BCUT2D eigenvalue weighted by Crippen LogP contribution is -2.39. The second kappa shape index (κ2) is 9.00. The first-order chi connectivity index (χ1) is 9.05. The topological polar surface area (TPSA) is 26.0 Å². The van der Waals surface area contributed by atoms with Crippen LogP contribution in [0.2, 0.25) is 0 Å². The Morgan fingerprint density at radius 3 is 2.16 bits per heavy atom. The molecule has 0 aromatic heterocycles. The first-order valence-corrected chi connectivity index (χ1v) is 8.81. The minimum Gasteiger partial charge on any atom is -0.327 e. The van der Waals surface area contributed by atoms with Crippen molar-refractivity contribution in [2.45, 2.75) is 104 Å². The van der Waals surface area contributed by atoms with Crippen LogP contribution in [0.4, 0.5) is 0 Å². The molecule has 1 heteroatoms. The highest BCUT2D eigenvalue weighted by Gasteiger charge is 2.32. The molecule has 0 saturated heterocycles. The molecule has 0 aromatic carbocycles. The monoisotopic (exact) mass is 267 g/mol. The first kappa shape index (κ1) is 17.0. The normalized spacial score (nSPS) is 26.5. The van der Waals surface area contributed by atoms with Crippen molar-refractivity contribution in [3.8, 4) is 0 Å². The van der Waals surface area contributed by atoms with Crippen LogP contribution < -0.4 is 5.73 Å². The summed E-state index contributed by atoms with van der Waals surface area (Å²) in [5, 5.41) is 0. The summed E-state index contributed by atoms with van der Waals surface area (Å²) in [6.45, 7) is 7.12. The zero-order chi connectivity index (χ0) is 14.1. The molecular formula is C18H37N. The fourth-order valence-electron chi connectivity index (χ4n) is 3.61. The van der Waals surface area contributed by atoms with Gasteiger partial charge in [0.2, 0.25) is 0 Å². The van der Waals surface area contributed by atoms with Crippen molar-refractivity contribution in [2.75, 3.05) is 0 Å². The van der Waals surface area contributed by atoms with Gasteiger partial charge in [-0.2, -0.15) is 0 Å². The maximum absolute atomic E-state index is 6.30. The summed E-state index contributed by atoms with van der Waals surface area (Å²) in [4.78, 5) is 0. The van der Waals surface area contributed by atoms with Crippen molar-refractivity contribution in [1.29, 1.82) is 0 Å². The van der Waals surface area contributed by atoms with Gasteiger partial charge < -0.3 is 5.73 Å². The van der Waals surface area contributed by atoms with E-state index in [1.165, 1.54) is 77.0 Å². The van der Waals surface area contributed by atoms with E-state index in [-0.39, 0.29) is 0 Å². The van der Waals surface area contributed by atoms with Gasteiger partial charge in [0, 0.05) is 6.04 Å². The average Bonchev–Trinajstić information content (AvgIpc) is 2.36. The van der Waals surface area contributed by atoms with Crippen molar-refractivity contribution in [2.24, 2.45) is 17.1 Å². The van der Waals surface area contributed by atoms with Crippen LogP contribution in [0.1, 0.15) is 97.8 Å². The van der Waals surface area contributed by atoms with Crippen molar-refractivity contribution in [3.63, 3.8) is 0 Å². The Balaban J connectivity index is 2.02. The molecule has 1 saturated carbocycles. The second-order valence-electron chi connectivity index (χ2n) is 7.59. The van der Waals surface area contributed by atoms with E-state index in [1.807, 2.05) is 0 Å². The zero-order valence-corrected chi connectivity index (χ0v) is 13.7. The van der Waals surface area contributed by atoms with E-state index in [4.69, 9.17) is 5.73 Å². The van der Waals surface area contributed by atoms with E-state index in [0.717, 1.165) is 5.92 Å². The standard InChI is InChI=1S/C18H37N/c1-4-5-6-7-8-9-10-11-12-16-15-18(2,3)14-13-17(16)19/h16-17H,4-15,19H2,1-3H3. The molecule has 1 aliphatic carbocycles. The molecule has 114 valence electrons. The van der Waals surface area contributed by atoms with Gasteiger partial charge >= 0.3 is 0 Å². The molecule has 1 nitrogen and oxygen atoms in total. The lowest BCUT2D eigenvalue weighted by atomic mass is 9.69. The van der Waals surface area contributed by atoms with Crippen LogP contribution in [0, 0.1) is 11.3 Å².